The van der Waals surface area contributed by atoms with Gasteiger partial charge in [0.25, 0.3) is 5.91 Å². The predicted octanol–water partition coefficient (Wildman–Crippen LogP) is 3.61. The van der Waals surface area contributed by atoms with Crippen molar-refractivity contribution in [2.45, 2.75) is 6.92 Å². The summed E-state index contributed by atoms with van der Waals surface area (Å²) in [6.07, 6.45) is 0. The lowest BCUT2D eigenvalue weighted by molar-refractivity contribution is 0.102. The molecule has 1 amide bonds. The molecule has 0 atom stereocenters. The summed E-state index contributed by atoms with van der Waals surface area (Å²) in [6.45, 7) is 1.80. The minimum absolute atomic E-state index is 0.159. The maximum Gasteiger partial charge on any atom is 0.255 e. The van der Waals surface area contributed by atoms with E-state index in [2.05, 4.69) is 5.32 Å². The number of phenolic OH excluding ortho intramolecular Hbond substituents is 1. The molecule has 0 saturated carbocycles. The molecule has 0 radical (unpaired) electrons. The number of phenols is 1. The molecule has 0 aromatic heterocycles. The van der Waals surface area contributed by atoms with Gasteiger partial charge in [0.15, 0.2) is 0 Å². The van der Waals surface area contributed by atoms with Crippen molar-refractivity contribution in [2.24, 2.45) is 0 Å². The van der Waals surface area contributed by atoms with Crippen LogP contribution < -0.4 is 5.32 Å². The third-order valence-electron chi connectivity index (χ3n) is 2.64. The number of carbonyl (C=O) groups is 1. The highest BCUT2D eigenvalue weighted by Crippen LogP contribution is 2.20. The third kappa shape index (κ3) is 2.63. The van der Waals surface area contributed by atoms with Crippen LogP contribution in [0.1, 0.15) is 15.9 Å². The molecule has 0 unspecified atom stereocenters. The lowest BCUT2D eigenvalue weighted by Crippen LogP contribution is -2.13. The molecule has 0 bridgehead atoms. The zero-order valence-corrected chi connectivity index (χ0v) is 10.5. The van der Waals surface area contributed by atoms with E-state index in [9.17, 15) is 4.79 Å². The lowest BCUT2D eigenvalue weighted by atomic mass is 10.1. The van der Waals surface area contributed by atoms with Crippen LogP contribution in [0.3, 0.4) is 0 Å². The number of anilines is 1. The summed E-state index contributed by atoms with van der Waals surface area (Å²) in [4.78, 5) is 12.0. The molecule has 0 aliphatic heterocycles. The van der Waals surface area contributed by atoms with Gasteiger partial charge in [0.05, 0.1) is 0 Å². The van der Waals surface area contributed by atoms with Crippen LogP contribution in [-0.4, -0.2) is 11.0 Å². The largest absolute Gasteiger partial charge is 0.508 e. The molecule has 2 N–H and O–H groups in total. The molecule has 0 aliphatic carbocycles. The molecule has 3 nitrogen and oxygen atoms in total. The number of nitrogens with one attached hydrogen (secondary N) is 1. The van der Waals surface area contributed by atoms with Crippen LogP contribution in [0, 0.1) is 6.92 Å². The monoisotopic (exact) mass is 261 g/mol. The highest BCUT2D eigenvalue weighted by molar-refractivity contribution is 6.32. The second kappa shape index (κ2) is 5.10. The van der Waals surface area contributed by atoms with E-state index in [0.29, 0.717) is 16.3 Å². The van der Waals surface area contributed by atoms with E-state index < -0.39 is 0 Å². The Bertz CT molecular complexity index is 579. The van der Waals surface area contributed by atoms with Crippen molar-refractivity contribution in [3.8, 4) is 5.75 Å². The Labute approximate surface area is 110 Å². The summed E-state index contributed by atoms with van der Waals surface area (Å²) < 4.78 is 0. The predicted molar refractivity (Wildman–Crippen MR) is 72.2 cm³/mol. The van der Waals surface area contributed by atoms with E-state index in [1.54, 1.807) is 37.3 Å². The minimum atomic E-state index is -0.222. The van der Waals surface area contributed by atoms with Crippen LogP contribution in [0.25, 0.3) is 0 Å². The fraction of sp³-hybridized carbons (Fsp3) is 0.0714. The molecule has 2 aromatic rings. The van der Waals surface area contributed by atoms with Gasteiger partial charge < -0.3 is 10.4 Å². The first-order valence-corrected chi connectivity index (χ1v) is 5.81. The topological polar surface area (TPSA) is 49.3 Å². The molecule has 0 spiro atoms. The van der Waals surface area contributed by atoms with Crippen LogP contribution >= 0.6 is 11.6 Å². The maximum atomic E-state index is 12.0. The van der Waals surface area contributed by atoms with E-state index in [-0.39, 0.29) is 11.7 Å². The number of hydrogen-bond acceptors (Lipinski definition) is 2. The number of hydrogen-bond donors (Lipinski definition) is 2. The van der Waals surface area contributed by atoms with Crippen molar-refractivity contribution in [1.29, 1.82) is 0 Å². The Morgan fingerprint density at radius 1 is 1.17 bits per heavy atom. The fourth-order valence-corrected chi connectivity index (χ4v) is 1.77. The lowest BCUT2D eigenvalue weighted by Gasteiger charge is -2.08. The molecule has 18 heavy (non-hydrogen) atoms. The summed E-state index contributed by atoms with van der Waals surface area (Å²) in [5.74, 6) is -0.0624. The van der Waals surface area contributed by atoms with E-state index in [1.807, 2.05) is 0 Å². The van der Waals surface area contributed by atoms with E-state index >= 15 is 0 Å². The Morgan fingerprint density at radius 2 is 1.83 bits per heavy atom. The van der Waals surface area contributed by atoms with E-state index in [0.717, 1.165) is 5.56 Å². The maximum absolute atomic E-state index is 12.0. The van der Waals surface area contributed by atoms with Crippen LogP contribution in [0.4, 0.5) is 5.69 Å². The van der Waals surface area contributed by atoms with Crippen LogP contribution in [0.15, 0.2) is 42.5 Å². The zero-order chi connectivity index (χ0) is 13.1. The normalized spacial score (nSPS) is 10.1. The van der Waals surface area contributed by atoms with Crippen LogP contribution in [0.2, 0.25) is 5.02 Å². The molecule has 92 valence electrons. The standard InChI is InChI=1S/C14H12ClNO2/c1-9-12(3-2-4-13(9)15)14(18)16-10-5-7-11(17)8-6-10/h2-8,17H,1H3,(H,16,18). The van der Waals surface area contributed by atoms with Crippen molar-refractivity contribution < 1.29 is 9.90 Å². The van der Waals surface area contributed by atoms with Gasteiger partial charge in [0, 0.05) is 16.3 Å². The van der Waals surface area contributed by atoms with Crippen molar-refractivity contribution in [1.82, 2.24) is 0 Å². The fourth-order valence-electron chi connectivity index (χ4n) is 1.60. The van der Waals surface area contributed by atoms with Gasteiger partial charge in [-0.1, -0.05) is 17.7 Å². The first kappa shape index (κ1) is 12.5. The van der Waals surface area contributed by atoms with Crippen molar-refractivity contribution in [3.05, 3.63) is 58.6 Å². The molecule has 0 fully saturated rings. The first-order valence-electron chi connectivity index (χ1n) is 5.43. The molecule has 0 saturated heterocycles. The summed E-state index contributed by atoms with van der Waals surface area (Å²) >= 11 is 5.97. The quantitative estimate of drug-likeness (QED) is 0.812. The summed E-state index contributed by atoms with van der Waals surface area (Å²) in [5, 5.41) is 12.5. The average molecular weight is 262 g/mol. The Hall–Kier alpha value is -2.00. The van der Waals surface area contributed by atoms with Gasteiger partial charge in [-0.2, -0.15) is 0 Å². The molecule has 4 heteroatoms. The molecule has 2 rings (SSSR count). The molecule has 0 aliphatic rings. The SMILES string of the molecule is Cc1c(Cl)cccc1C(=O)Nc1ccc(O)cc1. The van der Waals surface area contributed by atoms with Gasteiger partial charge in [0.2, 0.25) is 0 Å². The number of amides is 1. The highest BCUT2D eigenvalue weighted by Gasteiger charge is 2.10. The minimum Gasteiger partial charge on any atom is -0.508 e. The molecule has 0 heterocycles. The summed E-state index contributed by atoms with van der Waals surface area (Å²) in [6, 6.07) is 11.5. The van der Waals surface area contributed by atoms with Gasteiger partial charge in [-0.15, -0.1) is 0 Å². The molecular formula is C14H12ClNO2. The number of rotatable bonds is 2. The zero-order valence-electron chi connectivity index (χ0n) is 9.77. The number of halogens is 1. The van der Waals surface area contributed by atoms with Gasteiger partial charge >= 0.3 is 0 Å². The second-order valence-electron chi connectivity index (χ2n) is 3.91. The van der Waals surface area contributed by atoms with Crippen LogP contribution in [-0.2, 0) is 0 Å². The summed E-state index contributed by atoms with van der Waals surface area (Å²) in [5.41, 5.74) is 1.91. The van der Waals surface area contributed by atoms with Gasteiger partial charge in [-0.05, 0) is 48.9 Å². The number of carbonyl (C=O) groups excluding carboxylic acids is 1. The Morgan fingerprint density at radius 3 is 2.50 bits per heavy atom. The van der Waals surface area contributed by atoms with Crippen molar-refractivity contribution in [3.63, 3.8) is 0 Å². The Kier molecular flexibility index (Phi) is 3.53. The van der Waals surface area contributed by atoms with E-state index in [4.69, 9.17) is 16.7 Å². The third-order valence-corrected chi connectivity index (χ3v) is 3.05. The Balaban J connectivity index is 2.22. The highest BCUT2D eigenvalue weighted by atomic mass is 35.5. The van der Waals surface area contributed by atoms with Gasteiger partial charge in [0.1, 0.15) is 5.75 Å². The smallest absolute Gasteiger partial charge is 0.255 e. The molecule has 2 aromatic carbocycles. The van der Waals surface area contributed by atoms with Crippen LogP contribution in [0.5, 0.6) is 5.75 Å². The number of benzene rings is 2. The number of aromatic hydroxyl groups is 1. The first-order chi connectivity index (χ1) is 8.58. The van der Waals surface area contributed by atoms with Gasteiger partial charge in [-0.25, -0.2) is 0 Å². The van der Waals surface area contributed by atoms with Gasteiger partial charge in [-0.3, -0.25) is 4.79 Å². The average Bonchev–Trinajstić information content (AvgIpc) is 2.35. The van der Waals surface area contributed by atoms with Crippen molar-refractivity contribution >= 4 is 23.2 Å². The van der Waals surface area contributed by atoms with Crippen molar-refractivity contribution in [2.75, 3.05) is 5.32 Å². The van der Waals surface area contributed by atoms with E-state index in [1.165, 1.54) is 12.1 Å². The molecular weight excluding hydrogens is 250 g/mol. The second-order valence-corrected chi connectivity index (χ2v) is 4.32. The summed E-state index contributed by atoms with van der Waals surface area (Å²) in [7, 11) is 0.